The van der Waals surface area contributed by atoms with Crippen molar-refractivity contribution in [3.63, 3.8) is 0 Å². The van der Waals surface area contributed by atoms with Crippen LogP contribution < -0.4 is 4.90 Å². The van der Waals surface area contributed by atoms with Crippen molar-refractivity contribution >= 4 is 15.7 Å². The average molecular weight is 472 g/mol. The van der Waals surface area contributed by atoms with E-state index in [1.165, 1.54) is 49.0 Å². The predicted octanol–water partition coefficient (Wildman–Crippen LogP) is 2.89. The van der Waals surface area contributed by atoms with Crippen LogP contribution in [0.15, 0.2) is 23.1 Å². The van der Waals surface area contributed by atoms with Gasteiger partial charge in [0.25, 0.3) is 0 Å². The van der Waals surface area contributed by atoms with E-state index in [-0.39, 0.29) is 0 Å². The molecule has 1 saturated heterocycles. The maximum atomic E-state index is 13.3. The molecule has 0 N–H and O–H groups in total. The third kappa shape index (κ3) is 4.33. The van der Waals surface area contributed by atoms with Gasteiger partial charge in [-0.15, -0.1) is 0 Å². The highest BCUT2D eigenvalue weighted by molar-refractivity contribution is 7.89. The van der Waals surface area contributed by atoms with Crippen LogP contribution in [0.2, 0.25) is 0 Å². The summed E-state index contributed by atoms with van der Waals surface area (Å²) < 4.78 is 29.9. The SMILES string of the molecule is Cc1nn(C)c(C)c1S(=O)(=O)N1CCN(c2ccc3c(c2)CCN(C2CCCC2)CC3)CC1. The van der Waals surface area contributed by atoms with Crippen LogP contribution in [-0.2, 0) is 29.9 Å². The lowest BCUT2D eigenvalue weighted by Gasteiger charge is -2.35. The largest absolute Gasteiger partial charge is 0.369 e. The molecule has 8 heteroatoms. The highest BCUT2D eigenvalue weighted by Crippen LogP contribution is 2.29. The molecular formula is C25H37N5O2S. The van der Waals surface area contributed by atoms with Gasteiger partial charge in [-0.05, 0) is 62.8 Å². The van der Waals surface area contributed by atoms with E-state index in [0.29, 0.717) is 42.5 Å². The molecule has 0 atom stereocenters. The van der Waals surface area contributed by atoms with Crippen molar-refractivity contribution in [2.24, 2.45) is 7.05 Å². The number of hydrogen-bond acceptors (Lipinski definition) is 5. The van der Waals surface area contributed by atoms with Gasteiger partial charge in [0.05, 0.1) is 11.4 Å². The topological polar surface area (TPSA) is 61.7 Å². The molecule has 0 radical (unpaired) electrons. The summed E-state index contributed by atoms with van der Waals surface area (Å²) in [5.74, 6) is 0. The summed E-state index contributed by atoms with van der Waals surface area (Å²) in [7, 11) is -1.73. The van der Waals surface area contributed by atoms with Gasteiger partial charge in [-0.2, -0.15) is 9.40 Å². The molecule has 5 rings (SSSR count). The molecule has 0 unspecified atom stereocenters. The first-order chi connectivity index (χ1) is 15.8. The first-order valence-corrected chi connectivity index (χ1v) is 13.9. The molecule has 1 aromatic carbocycles. The highest BCUT2D eigenvalue weighted by atomic mass is 32.2. The zero-order valence-electron chi connectivity index (χ0n) is 20.3. The molecule has 3 heterocycles. The summed E-state index contributed by atoms with van der Waals surface area (Å²) in [6.07, 6.45) is 7.77. The Morgan fingerprint density at radius 1 is 0.909 bits per heavy atom. The molecule has 0 amide bonds. The van der Waals surface area contributed by atoms with Crippen LogP contribution in [0, 0.1) is 13.8 Å². The number of aryl methyl sites for hydroxylation is 2. The molecule has 7 nitrogen and oxygen atoms in total. The Morgan fingerprint density at radius 2 is 1.58 bits per heavy atom. The molecule has 2 aromatic rings. The monoisotopic (exact) mass is 471 g/mol. The number of piperazine rings is 1. The molecule has 0 spiro atoms. The lowest BCUT2D eigenvalue weighted by Crippen LogP contribution is -2.48. The first-order valence-electron chi connectivity index (χ1n) is 12.5. The number of fused-ring (bicyclic) bond motifs is 1. The quantitative estimate of drug-likeness (QED) is 0.686. The first kappa shape index (κ1) is 22.9. The number of hydrogen-bond donors (Lipinski definition) is 0. The van der Waals surface area contributed by atoms with Crippen LogP contribution in [0.3, 0.4) is 0 Å². The summed E-state index contributed by atoms with van der Waals surface area (Å²) in [5.41, 5.74) is 5.48. The van der Waals surface area contributed by atoms with Crippen molar-refractivity contribution in [2.75, 3.05) is 44.2 Å². The van der Waals surface area contributed by atoms with Gasteiger partial charge in [0, 0.05) is 58.0 Å². The van der Waals surface area contributed by atoms with Crippen molar-refractivity contribution in [3.05, 3.63) is 40.7 Å². The van der Waals surface area contributed by atoms with Crippen LogP contribution >= 0.6 is 0 Å². The van der Waals surface area contributed by atoms with Crippen molar-refractivity contribution in [3.8, 4) is 0 Å². The van der Waals surface area contributed by atoms with Gasteiger partial charge in [0.1, 0.15) is 4.90 Å². The zero-order chi connectivity index (χ0) is 23.2. The second-order valence-electron chi connectivity index (χ2n) is 9.94. The zero-order valence-corrected chi connectivity index (χ0v) is 21.1. The molecule has 180 valence electrons. The van der Waals surface area contributed by atoms with E-state index >= 15 is 0 Å². The number of rotatable bonds is 4. The Balaban J connectivity index is 1.26. The van der Waals surface area contributed by atoms with Gasteiger partial charge in [-0.3, -0.25) is 9.58 Å². The molecule has 1 saturated carbocycles. The fourth-order valence-electron chi connectivity index (χ4n) is 6.00. The van der Waals surface area contributed by atoms with E-state index in [2.05, 4.69) is 33.1 Å². The molecule has 3 aliphatic rings. The molecule has 1 aliphatic carbocycles. The molecule has 2 aliphatic heterocycles. The third-order valence-electron chi connectivity index (χ3n) is 8.01. The number of anilines is 1. The Bertz CT molecular complexity index is 1110. The van der Waals surface area contributed by atoms with Gasteiger partial charge >= 0.3 is 0 Å². The van der Waals surface area contributed by atoms with E-state index in [1.54, 1.807) is 23.0 Å². The molecule has 33 heavy (non-hydrogen) atoms. The lowest BCUT2D eigenvalue weighted by molar-refractivity contribution is 0.208. The number of benzene rings is 1. The smallest absolute Gasteiger partial charge is 0.246 e. The predicted molar refractivity (Wildman–Crippen MR) is 131 cm³/mol. The van der Waals surface area contributed by atoms with Crippen LogP contribution in [0.25, 0.3) is 0 Å². The van der Waals surface area contributed by atoms with Gasteiger partial charge in [-0.25, -0.2) is 8.42 Å². The van der Waals surface area contributed by atoms with Gasteiger partial charge < -0.3 is 4.90 Å². The van der Waals surface area contributed by atoms with Crippen molar-refractivity contribution in [1.29, 1.82) is 0 Å². The van der Waals surface area contributed by atoms with Crippen LogP contribution in [-0.4, -0.2) is 72.7 Å². The molecule has 1 aromatic heterocycles. The number of nitrogens with zero attached hydrogens (tertiary/aromatic N) is 5. The molecular weight excluding hydrogens is 434 g/mol. The van der Waals surface area contributed by atoms with E-state index in [4.69, 9.17) is 0 Å². The van der Waals surface area contributed by atoms with Crippen LogP contribution in [0.4, 0.5) is 5.69 Å². The minimum absolute atomic E-state index is 0.371. The van der Waals surface area contributed by atoms with Crippen LogP contribution in [0.1, 0.15) is 48.2 Å². The number of aromatic nitrogens is 2. The van der Waals surface area contributed by atoms with Gasteiger partial charge in [0.15, 0.2) is 0 Å². The maximum Gasteiger partial charge on any atom is 0.246 e. The highest BCUT2D eigenvalue weighted by Gasteiger charge is 2.33. The summed E-state index contributed by atoms with van der Waals surface area (Å²) in [4.78, 5) is 5.43. The Hall–Kier alpha value is -1.90. The van der Waals surface area contributed by atoms with Crippen molar-refractivity contribution < 1.29 is 8.42 Å². The minimum atomic E-state index is -3.52. The number of sulfonamides is 1. The third-order valence-corrected chi connectivity index (χ3v) is 10.2. The van der Waals surface area contributed by atoms with Crippen LogP contribution in [0.5, 0.6) is 0 Å². The Kier molecular flexibility index (Phi) is 6.27. The van der Waals surface area contributed by atoms with E-state index in [1.807, 2.05) is 6.92 Å². The van der Waals surface area contributed by atoms with Gasteiger partial charge in [0.2, 0.25) is 10.0 Å². The molecule has 2 fully saturated rings. The summed E-state index contributed by atoms with van der Waals surface area (Å²) >= 11 is 0. The summed E-state index contributed by atoms with van der Waals surface area (Å²) in [6.45, 7) is 8.38. The minimum Gasteiger partial charge on any atom is -0.369 e. The second-order valence-corrected chi connectivity index (χ2v) is 11.8. The van der Waals surface area contributed by atoms with Crippen molar-refractivity contribution in [2.45, 2.75) is 63.3 Å². The lowest BCUT2D eigenvalue weighted by atomic mass is 10.0. The van der Waals surface area contributed by atoms with E-state index < -0.39 is 10.0 Å². The second kappa shape index (κ2) is 9.04. The van der Waals surface area contributed by atoms with Gasteiger partial charge in [-0.1, -0.05) is 18.9 Å². The summed E-state index contributed by atoms with van der Waals surface area (Å²) in [5, 5.41) is 4.31. The Morgan fingerprint density at radius 3 is 2.21 bits per heavy atom. The fraction of sp³-hybridized carbons (Fsp3) is 0.640. The summed E-state index contributed by atoms with van der Waals surface area (Å²) in [6, 6.07) is 7.71. The fourth-order valence-corrected chi connectivity index (χ4v) is 7.83. The van der Waals surface area contributed by atoms with Crippen molar-refractivity contribution in [1.82, 2.24) is 19.0 Å². The Labute approximate surface area is 198 Å². The van der Waals surface area contributed by atoms with E-state index in [0.717, 1.165) is 25.4 Å². The normalized spacial score (nSPS) is 21.4. The molecule has 0 bridgehead atoms. The standard InChI is InChI=1S/C25H37N5O2S/c1-19-25(20(2)27(3)26-19)33(31,32)30-16-14-29(15-17-30)24-9-8-21-10-12-28(13-11-22(21)18-24)23-6-4-5-7-23/h8-9,18,23H,4-7,10-17H2,1-3H3. The average Bonchev–Trinajstić information content (AvgIpc) is 3.36. The maximum absolute atomic E-state index is 13.3. The van der Waals surface area contributed by atoms with E-state index in [9.17, 15) is 8.42 Å².